The molecule has 1 aliphatic rings. The van der Waals surface area contributed by atoms with E-state index >= 15 is 0 Å². The van der Waals surface area contributed by atoms with Gasteiger partial charge in [-0.1, -0.05) is 90.9 Å². The van der Waals surface area contributed by atoms with E-state index in [4.69, 9.17) is 9.47 Å². The Morgan fingerprint density at radius 1 is 0.571 bits per heavy atom. The Morgan fingerprint density at radius 3 is 1.40 bits per heavy atom. The monoisotopic (exact) mass is 665 g/mol. The smallest absolute Gasteiger partial charge is 0.168 e. The summed E-state index contributed by atoms with van der Waals surface area (Å²) in [6.07, 6.45) is 28.0. The molecule has 252 valence electrons. The van der Waals surface area contributed by atoms with Crippen LogP contribution in [-0.4, -0.2) is 77.2 Å². The van der Waals surface area contributed by atoms with E-state index in [1.807, 2.05) is 0 Å². The maximum absolute atomic E-state index is 6.67. The van der Waals surface area contributed by atoms with E-state index in [2.05, 4.69) is 79.9 Å². The molecule has 1 aliphatic heterocycles. The van der Waals surface area contributed by atoms with Gasteiger partial charge in [-0.25, -0.2) is 0 Å². The van der Waals surface area contributed by atoms with Gasteiger partial charge >= 0.3 is 0 Å². The predicted molar refractivity (Wildman–Crippen MR) is 200 cm³/mol. The number of nitrogens with zero attached hydrogens (tertiary/aromatic N) is 1. The molecule has 0 N–H and O–H groups in total. The van der Waals surface area contributed by atoms with Crippen LogP contribution in [0.15, 0.2) is 0 Å². The Morgan fingerprint density at radius 2 is 0.976 bits per heavy atom. The average molecular weight is 666 g/mol. The Kier molecular flexibility index (Phi) is 30.4. The highest BCUT2D eigenvalue weighted by Gasteiger charge is 2.40. The highest BCUT2D eigenvalue weighted by Crippen LogP contribution is 2.35. The highest BCUT2D eigenvalue weighted by atomic mass is 32.2. The fraction of sp³-hybridized carbons (Fsp3) is 1.00. The molecule has 1 atom stereocenters. The molecular weight excluding hydrogens is 595 g/mol. The zero-order valence-corrected chi connectivity index (χ0v) is 31.7. The minimum Gasteiger partial charge on any atom is -0.347 e. The molecule has 42 heavy (non-hydrogen) atoms. The Balaban J connectivity index is 2.12. The van der Waals surface area contributed by atoms with E-state index in [1.54, 1.807) is 0 Å². The molecule has 0 aromatic carbocycles. The summed E-state index contributed by atoms with van der Waals surface area (Å²) in [6.45, 7) is 6.45. The van der Waals surface area contributed by atoms with E-state index in [-0.39, 0.29) is 11.9 Å². The summed E-state index contributed by atoms with van der Waals surface area (Å²) in [6, 6.07) is 0. The molecule has 1 rings (SSSR count). The molecule has 1 fully saturated rings. The first-order valence-corrected chi connectivity index (χ1v) is 22.5. The number of unbranched alkanes of at least 4 members (excludes halogenated alkanes) is 14. The van der Waals surface area contributed by atoms with Gasteiger partial charge in [-0.15, -0.1) is 0 Å². The van der Waals surface area contributed by atoms with Crippen molar-refractivity contribution in [2.45, 2.75) is 161 Å². The predicted octanol–water partition coefficient (Wildman–Crippen LogP) is 11.7. The molecule has 0 bridgehead atoms. The van der Waals surface area contributed by atoms with Crippen molar-refractivity contribution in [1.82, 2.24) is 4.90 Å². The molecule has 0 saturated carbocycles. The van der Waals surface area contributed by atoms with Crippen molar-refractivity contribution >= 4 is 47.0 Å². The summed E-state index contributed by atoms with van der Waals surface area (Å²) < 4.78 is 13.1. The van der Waals surface area contributed by atoms with Crippen molar-refractivity contribution in [2.75, 3.05) is 60.4 Å². The van der Waals surface area contributed by atoms with Crippen LogP contribution in [0.25, 0.3) is 0 Å². The van der Waals surface area contributed by atoms with Crippen LogP contribution in [0, 0.1) is 0 Å². The summed E-state index contributed by atoms with van der Waals surface area (Å²) in [5, 5.41) is 2.58. The minimum atomic E-state index is -0.298. The number of thioether (sulfide) groups is 4. The maximum Gasteiger partial charge on any atom is 0.168 e. The second-order valence-corrected chi connectivity index (χ2v) is 17.7. The summed E-state index contributed by atoms with van der Waals surface area (Å²) in [5.41, 5.74) is 0. The van der Waals surface area contributed by atoms with Crippen LogP contribution in [0.4, 0.5) is 0 Å². The van der Waals surface area contributed by atoms with Gasteiger partial charge in [0.05, 0.1) is 12.7 Å². The van der Waals surface area contributed by atoms with Crippen LogP contribution in [0.5, 0.6) is 0 Å². The zero-order valence-electron chi connectivity index (χ0n) is 28.5. The molecule has 0 aromatic heterocycles. The molecule has 0 aromatic rings. The van der Waals surface area contributed by atoms with Gasteiger partial charge in [0.2, 0.25) is 0 Å². The molecule has 3 nitrogen and oxygen atoms in total. The lowest BCUT2D eigenvalue weighted by Crippen LogP contribution is -2.31. The second-order valence-electron chi connectivity index (χ2n) is 12.6. The first-order chi connectivity index (χ1) is 20.6. The first kappa shape index (κ1) is 41.3. The minimum absolute atomic E-state index is 0.275. The lowest BCUT2D eigenvalue weighted by atomic mass is 9.99. The Hall–Kier alpha value is 1.28. The Labute approximate surface area is 281 Å². The molecule has 0 radical (unpaired) electrons. The van der Waals surface area contributed by atoms with Crippen LogP contribution in [0.2, 0.25) is 0 Å². The topological polar surface area (TPSA) is 21.7 Å². The zero-order chi connectivity index (χ0) is 30.4. The third-order valence-electron chi connectivity index (χ3n) is 8.12. The van der Waals surface area contributed by atoms with Crippen molar-refractivity contribution in [3.63, 3.8) is 0 Å². The van der Waals surface area contributed by atoms with Gasteiger partial charge in [-0.05, 0) is 82.1 Å². The van der Waals surface area contributed by atoms with Gasteiger partial charge in [0.25, 0.3) is 0 Å². The summed E-state index contributed by atoms with van der Waals surface area (Å²) in [4.78, 5) is 2.26. The maximum atomic E-state index is 6.67. The summed E-state index contributed by atoms with van der Waals surface area (Å²) in [5.74, 6) is 5.09. The highest BCUT2D eigenvalue weighted by molar-refractivity contribution is 8.16. The van der Waals surface area contributed by atoms with Crippen LogP contribution < -0.4 is 0 Å². The fourth-order valence-electron chi connectivity index (χ4n) is 5.42. The van der Waals surface area contributed by atoms with E-state index in [0.29, 0.717) is 0 Å². The number of hydrogen-bond donors (Lipinski definition) is 0. The molecule has 7 heteroatoms. The molecule has 0 amide bonds. The third kappa shape index (κ3) is 25.5. The molecule has 0 spiro atoms. The second kappa shape index (κ2) is 30.9. The van der Waals surface area contributed by atoms with Crippen molar-refractivity contribution in [3.8, 4) is 0 Å². The van der Waals surface area contributed by atoms with Crippen LogP contribution in [-0.2, 0) is 9.47 Å². The van der Waals surface area contributed by atoms with Gasteiger partial charge in [0, 0.05) is 29.6 Å². The fourth-order valence-corrected chi connectivity index (χ4v) is 9.88. The van der Waals surface area contributed by atoms with Crippen molar-refractivity contribution < 1.29 is 9.47 Å². The SMILES string of the molecule is CCCCCSCSCCCCCCCCC1(CCCCCCCCSCSCCCCC)OCC(CCN(C)C)O1. The number of rotatable bonds is 33. The molecule has 1 unspecified atom stereocenters. The molecule has 1 heterocycles. The van der Waals surface area contributed by atoms with Crippen molar-refractivity contribution in [1.29, 1.82) is 0 Å². The van der Waals surface area contributed by atoms with Crippen LogP contribution in [0.1, 0.15) is 149 Å². The quantitative estimate of drug-likeness (QED) is 0.0507. The van der Waals surface area contributed by atoms with Crippen LogP contribution in [0.3, 0.4) is 0 Å². The van der Waals surface area contributed by atoms with Gasteiger partial charge in [0.1, 0.15) is 0 Å². The van der Waals surface area contributed by atoms with Gasteiger partial charge in [0.15, 0.2) is 5.79 Å². The van der Waals surface area contributed by atoms with E-state index in [0.717, 1.165) is 32.4 Å². The van der Waals surface area contributed by atoms with E-state index < -0.39 is 0 Å². The third-order valence-corrected chi connectivity index (χ3v) is 13.1. The first-order valence-electron chi connectivity index (χ1n) is 17.9. The molecular formula is C35H71NO2S4. The van der Waals surface area contributed by atoms with Crippen molar-refractivity contribution in [2.24, 2.45) is 0 Å². The van der Waals surface area contributed by atoms with E-state index in [1.165, 1.54) is 149 Å². The van der Waals surface area contributed by atoms with Crippen LogP contribution >= 0.6 is 47.0 Å². The summed E-state index contributed by atoms with van der Waals surface area (Å²) >= 11 is 8.56. The van der Waals surface area contributed by atoms with Gasteiger partial charge in [-0.3, -0.25) is 0 Å². The average Bonchev–Trinajstić information content (AvgIpc) is 3.39. The van der Waals surface area contributed by atoms with Crippen molar-refractivity contribution in [3.05, 3.63) is 0 Å². The lowest BCUT2D eigenvalue weighted by Gasteiger charge is -2.29. The largest absolute Gasteiger partial charge is 0.347 e. The van der Waals surface area contributed by atoms with Gasteiger partial charge < -0.3 is 14.4 Å². The molecule has 0 aliphatic carbocycles. The Bertz CT molecular complexity index is 523. The summed E-state index contributed by atoms with van der Waals surface area (Å²) in [7, 11) is 4.31. The standard InChI is InChI=1S/C35H71NO2S4/c1-5-7-19-27-39-32-41-29-21-15-11-9-13-17-24-35(37-31-34(38-35)23-26-36(3)4)25-18-14-10-12-16-22-30-42-33-40-28-20-8-6-2/h34H,5-33H2,1-4H3. The number of ether oxygens (including phenoxy) is 2. The number of hydrogen-bond acceptors (Lipinski definition) is 7. The normalized spacial score (nSPS) is 16.6. The molecule has 1 saturated heterocycles. The van der Waals surface area contributed by atoms with Gasteiger partial charge in [-0.2, -0.15) is 47.0 Å². The van der Waals surface area contributed by atoms with E-state index in [9.17, 15) is 0 Å². The lowest BCUT2D eigenvalue weighted by molar-refractivity contribution is -0.180.